The topological polar surface area (TPSA) is 29.4 Å². The molecule has 1 aromatic carbocycles. The van der Waals surface area contributed by atoms with Gasteiger partial charge in [-0.3, -0.25) is 4.79 Å². The number of rotatable bonds is 3. The molecule has 114 valence electrons. The number of para-hydroxylation sites is 1. The number of carbonyl (C=O) groups is 1. The molecular weight excluding hydrogens is 258 g/mol. The number of hydrogen-bond donors (Lipinski definition) is 0. The van der Waals surface area contributed by atoms with Gasteiger partial charge in [-0.05, 0) is 29.4 Å². The third kappa shape index (κ3) is 3.09. The van der Waals surface area contributed by atoms with Crippen molar-refractivity contribution in [2.75, 3.05) is 0 Å². The van der Waals surface area contributed by atoms with Crippen LogP contribution >= 0.6 is 0 Å². The van der Waals surface area contributed by atoms with E-state index in [1.807, 2.05) is 6.92 Å². The lowest BCUT2D eigenvalue weighted by atomic mass is 9.92. The first-order valence-electron chi connectivity index (χ1n) is 8.08. The quantitative estimate of drug-likeness (QED) is 0.745. The summed E-state index contributed by atoms with van der Waals surface area (Å²) in [6.45, 7) is 12.9. The maximum atomic E-state index is 12.4. The first kappa shape index (κ1) is 15.9. The molecule has 0 radical (unpaired) electrons. The molecule has 0 aromatic heterocycles. The van der Waals surface area contributed by atoms with Crippen molar-refractivity contribution in [3.8, 4) is 0 Å². The molecule has 0 heterocycles. The third-order valence-corrected chi connectivity index (χ3v) is 4.45. The Morgan fingerprint density at radius 2 is 1.52 bits per heavy atom. The highest BCUT2D eigenvalue weighted by Gasteiger charge is 2.33. The Hall–Kier alpha value is -1.44. The van der Waals surface area contributed by atoms with Crippen LogP contribution in [-0.2, 0) is 4.79 Å². The summed E-state index contributed by atoms with van der Waals surface area (Å²) in [4.78, 5) is 17.2. The van der Waals surface area contributed by atoms with E-state index in [0.717, 1.165) is 17.8 Å². The summed E-state index contributed by atoms with van der Waals surface area (Å²) in [6.07, 6.45) is 0.929. The van der Waals surface area contributed by atoms with Gasteiger partial charge in [-0.1, -0.05) is 59.7 Å². The van der Waals surface area contributed by atoms with Gasteiger partial charge in [0.25, 0.3) is 0 Å². The zero-order chi connectivity index (χ0) is 15.7. The van der Waals surface area contributed by atoms with E-state index >= 15 is 0 Å². The lowest BCUT2D eigenvalue weighted by Crippen LogP contribution is -2.14. The van der Waals surface area contributed by atoms with Gasteiger partial charge in [-0.15, -0.1) is 0 Å². The van der Waals surface area contributed by atoms with Gasteiger partial charge >= 0.3 is 0 Å². The van der Waals surface area contributed by atoms with Crippen molar-refractivity contribution in [1.29, 1.82) is 0 Å². The smallest absolute Gasteiger partial charge is 0.180 e. The minimum atomic E-state index is 0.118. The Balaban J connectivity index is 2.59. The Kier molecular flexibility index (Phi) is 4.65. The largest absolute Gasteiger partial charge is 0.293 e. The molecule has 1 aliphatic carbocycles. The van der Waals surface area contributed by atoms with E-state index in [1.165, 1.54) is 11.1 Å². The molecule has 1 aromatic rings. The molecule has 21 heavy (non-hydrogen) atoms. The Bertz CT molecular complexity index is 543. The van der Waals surface area contributed by atoms with E-state index in [4.69, 9.17) is 4.99 Å². The average molecular weight is 285 g/mol. The first-order valence-corrected chi connectivity index (χ1v) is 8.08. The minimum Gasteiger partial charge on any atom is -0.293 e. The highest BCUT2D eigenvalue weighted by atomic mass is 16.1. The van der Waals surface area contributed by atoms with Crippen LogP contribution in [0.25, 0.3) is 0 Å². The summed E-state index contributed by atoms with van der Waals surface area (Å²) in [5, 5.41) is 0. The fourth-order valence-corrected chi connectivity index (χ4v) is 3.17. The lowest BCUT2D eigenvalue weighted by Gasteiger charge is -2.17. The zero-order valence-electron chi connectivity index (χ0n) is 14.1. The summed E-state index contributed by atoms with van der Waals surface area (Å²) < 4.78 is 0. The fraction of sp³-hybridized carbons (Fsp3) is 0.579. The monoisotopic (exact) mass is 285 g/mol. The number of hydrogen-bond acceptors (Lipinski definition) is 2. The van der Waals surface area contributed by atoms with Crippen LogP contribution in [-0.4, -0.2) is 11.5 Å². The molecule has 0 bridgehead atoms. The predicted molar refractivity (Wildman–Crippen MR) is 89.7 cm³/mol. The number of aliphatic imine (C=N–C) groups is 1. The highest BCUT2D eigenvalue weighted by molar-refractivity contribution is 6.43. The van der Waals surface area contributed by atoms with E-state index < -0.39 is 0 Å². The first-order chi connectivity index (χ1) is 9.82. The van der Waals surface area contributed by atoms with Gasteiger partial charge in [0.15, 0.2) is 5.78 Å². The van der Waals surface area contributed by atoms with Gasteiger partial charge in [0, 0.05) is 11.8 Å². The van der Waals surface area contributed by atoms with Crippen molar-refractivity contribution in [2.24, 2.45) is 16.8 Å². The molecule has 1 saturated carbocycles. The molecule has 1 fully saturated rings. The molecule has 0 spiro atoms. The van der Waals surface area contributed by atoms with Crippen LogP contribution in [0.3, 0.4) is 0 Å². The summed E-state index contributed by atoms with van der Waals surface area (Å²) in [5.74, 6) is 1.44. The molecule has 0 N–H and O–H groups in total. The maximum absolute atomic E-state index is 12.4. The summed E-state index contributed by atoms with van der Waals surface area (Å²) >= 11 is 0. The second-order valence-corrected chi connectivity index (χ2v) is 6.99. The molecule has 2 nitrogen and oxygen atoms in total. The van der Waals surface area contributed by atoms with Gasteiger partial charge < -0.3 is 0 Å². The maximum Gasteiger partial charge on any atom is 0.180 e. The summed E-state index contributed by atoms with van der Waals surface area (Å²) in [5.41, 5.74) is 4.30. The van der Waals surface area contributed by atoms with Crippen LogP contribution < -0.4 is 0 Å². The fourth-order valence-electron chi connectivity index (χ4n) is 3.17. The van der Waals surface area contributed by atoms with Gasteiger partial charge in [0.1, 0.15) is 0 Å². The Labute approximate surface area is 128 Å². The van der Waals surface area contributed by atoms with Gasteiger partial charge in [0.05, 0.1) is 11.4 Å². The molecular formula is C19H27NO. The van der Waals surface area contributed by atoms with Gasteiger partial charge in [-0.25, -0.2) is 4.99 Å². The van der Waals surface area contributed by atoms with Gasteiger partial charge in [0.2, 0.25) is 0 Å². The number of benzene rings is 1. The van der Waals surface area contributed by atoms with E-state index in [9.17, 15) is 4.79 Å². The highest BCUT2D eigenvalue weighted by Crippen LogP contribution is 2.37. The van der Waals surface area contributed by atoms with Crippen molar-refractivity contribution in [1.82, 2.24) is 0 Å². The molecule has 2 heteroatoms. The van der Waals surface area contributed by atoms with Crippen molar-refractivity contribution < 1.29 is 4.79 Å². The van der Waals surface area contributed by atoms with Crippen LogP contribution in [0, 0.1) is 11.8 Å². The van der Waals surface area contributed by atoms with Crippen molar-refractivity contribution in [2.45, 2.75) is 59.8 Å². The molecule has 0 saturated heterocycles. The standard InChI is InChI=1S/C19H27NO/c1-11(2)15-8-7-9-16(12(3)4)18(15)20-17-13(5)10-14(6)19(17)21/h7-9,11-14H,10H2,1-6H3. The summed E-state index contributed by atoms with van der Waals surface area (Å²) in [7, 11) is 0. The SMILES string of the molecule is CC1CC(C)C(=Nc2c(C(C)C)cccc2C(C)C)C1=O. The number of carbonyl (C=O) groups excluding carboxylic acids is 1. The van der Waals surface area contributed by atoms with Crippen LogP contribution in [0.2, 0.25) is 0 Å². The third-order valence-electron chi connectivity index (χ3n) is 4.45. The van der Waals surface area contributed by atoms with Crippen LogP contribution in [0.15, 0.2) is 23.2 Å². The molecule has 0 amide bonds. The Morgan fingerprint density at radius 3 is 1.90 bits per heavy atom. The molecule has 1 aliphatic rings. The van der Waals surface area contributed by atoms with E-state index in [1.54, 1.807) is 0 Å². The normalized spacial score (nSPS) is 24.6. The van der Waals surface area contributed by atoms with Crippen molar-refractivity contribution in [3.05, 3.63) is 29.3 Å². The molecule has 2 unspecified atom stereocenters. The number of nitrogens with zero attached hydrogens (tertiary/aromatic N) is 1. The second kappa shape index (κ2) is 6.13. The summed E-state index contributed by atoms with van der Waals surface area (Å²) in [6, 6.07) is 6.39. The lowest BCUT2D eigenvalue weighted by molar-refractivity contribution is -0.115. The minimum absolute atomic E-state index is 0.118. The van der Waals surface area contributed by atoms with Crippen LogP contribution in [0.5, 0.6) is 0 Å². The van der Waals surface area contributed by atoms with Crippen LogP contribution in [0.4, 0.5) is 5.69 Å². The number of ketones is 1. The van der Waals surface area contributed by atoms with Crippen molar-refractivity contribution >= 4 is 17.2 Å². The zero-order valence-corrected chi connectivity index (χ0v) is 14.1. The molecule has 2 rings (SSSR count). The molecule has 0 aliphatic heterocycles. The predicted octanol–water partition coefficient (Wildman–Crippen LogP) is 5.25. The molecule has 2 atom stereocenters. The van der Waals surface area contributed by atoms with E-state index in [-0.39, 0.29) is 17.6 Å². The Morgan fingerprint density at radius 1 is 1.00 bits per heavy atom. The van der Waals surface area contributed by atoms with Gasteiger partial charge in [-0.2, -0.15) is 0 Å². The van der Waals surface area contributed by atoms with E-state index in [2.05, 4.69) is 52.8 Å². The average Bonchev–Trinajstić information content (AvgIpc) is 2.65. The second-order valence-electron chi connectivity index (χ2n) is 6.99. The van der Waals surface area contributed by atoms with E-state index in [0.29, 0.717) is 11.8 Å². The van der Waals surface area contributed by atoms with Crippen molar-refractivity contribution in [3.63, 3.8) is 0 Å². The van der Waals surface area contributed by atoms with Crippen LogP contribution in [0.1, 0.15) is 70.9 Å². The number of Topliss-reactive ketones (excluding diaryl/α,β-unsaturated/α-hetero) is 1.